The summed E-state index contributed by atoms with van der Waals surface area (Å²) in [6.45, 7) is 17.1. The fourth-order valence-electron chi connectivity index (χ4n) is 17.6. The first-order valence-electron chi connectivity index (χ1n) is 37.4. The fourth-order valence-corrected chi connectivity index (χ4v) is 22.6. The van der Waals surface area contributed by atoms with E-state index in [1.165, 1.54) is 53.3 Å². The zero-order chi connectivity index (χ0) is 82.7. The number of aliphatic imine (C=N–C) groups is 2. The summed E-state index contributed by atoms with van der Waals surface area (Å²) in [6, 6.07) is 93.0. The minimum Gasteiger partial charge on any atom is -0.0622 e. The van der Waals surface area contributed by atoms with E-state index in [0.29, 0.717) is 22.7 Å². The molecule has 2 saturated carbocycles. The van der Waals surface area contributed by atoms with E-state index in [2.05, 4.69) is 272 Å². The third kappa shape index (κ3) is 19.2. The van der Waals surface area contributed by atoms with Gasteiger partial charge in [0.25, 0.3) is 11.8 Å². The second-order valence-corrected chi connectivity index (χ2v) is 37.2. The van der Waals surface area contributed by atoms with Gasteiger partial charge in [0.05, 0.1) is 30.4 Å². The Bertz CT molecular complexity index is 4810. The van der Waals surface area contributed by atoms with Gasteiger partial charge in [0, 0.05) is 113 Å². The Morgan fingerprint density at radius 2 is 0.879 bits per heavy atom. The van der Waals surface area contributed by atoms with Gasteiger partial charge in [0.1, 0.15) is 0 Å². The zero-order valence-corrected chi connectivity index (χ0v) is 79.0. The Labute approximate surface area is 767 Å². The van der Waals surface area contributed by atoms with Crippen LogP contribution < -0.4 is 48.8 Å². The topological polar surface area (TPSA) is 251 Å². The summed E-state index contributed by atoms with van der Waals surface area (Å²) in [5.74, 6) is 0.537. The summed E-state index contributed by atoms with van der Waals surface area (Å²) in [7, 11) is 14.2. The Kier molecular flexibility index (Phi) is 33.9. The molecular weight excluding hydrogens is 1810 g/mol. The van der Waals surface area contributed by atoms with Crippen molar-refractivity contribution in [3.8, 4) is 17.2 Å². The van der Waals surface area contributed by atoms with Crippen LogP contribution in [0, 0.1) is 28.7 Å². The fraction of sp³-hybridized carbons (Fsp3) is 0.264. The average Bonchev–Trinajstić information content (AvgIpc) is 1.50. The molecule has 2 heterocycles. The molecule has 2 amide bonds. The quantitative estimate of drug-likeness (QED) is 0.0267. The molecule has 0 bridgehead atoms. The molecule has 25 heteroatoms. The second-order valence-electron chi connectivity index (χ2n) is 29.5. The normalized spacial score (nSPS) is 21.1. The summed E-state index contributed by atoms with van der Waals surface area (Å²) in [5.41, 5.74) is 16.9. The molecule has 17 nitrogen and oxygen atoms in total. The number of nitrogens with two attached hydrogens (primary N) is 2. The number of ether oxygens (including phenoxy) is 2. The molecule has 0 saturated heterocycles. The Hall–Kier alpha value is -6.97. The number of guanidine groups is 2. The van der Waals surface area contributed by atoms with Crippen LogP contribution in [0.4, 0.5) is 5.69 Å². The van der Waals surface area contributed by atoms with Crippen molar-refractivity contribution in [3.63, 3.8) is 0 Å². The average molecular weight is 1910 g/mol. The number of nitrogens with zero attached hydrogens (tertiary/aromatic N) is 6. The van der Waals surface area contributed by atoms with Crippen molar-refractivity contribution in [1.82, 2.24) is 9.80 Å². The molecule has 2 fully saturated rings. The minimum absolute atomic E-state index is 0. The van der Waals surface area contributed by atoms with E-state index in [1.54, 1.807) is 52.6 Å². The van der Waals surface area contributed by atoms with Crippen molar-refractivity contribution >= 4 is 200 Å². The number of hydrogen-bond donors (Lipinski definition) is 5. The molecular formula is C91H93BBrCl2CsN8O9P2Pd-. The first-order chi connectivity index (χ1) is 55.4. The van der Waals surface area contributed by atoms with Gasteiger partial charge >= 0.3 is 42.1 Å². The van der Waals surface area contributed by atoms with Crippen LogP contribution in [0.1, 0.15) is 107 Å². The molecule has 2 unspecified atom stereocenters. The molecule has 10 aromatic rings. The maximum atomic E-state index is 14.0. The van der Waals surface area contributed by atoms with Crippen molar-refractivity contribution in [1.29, 1.82) is 5.26 Å². The van der Waals surface area contributed by atoms with Crippen LogP contribution >= 0.6 is 50.8 Å². The molecule has 16 rings (SSSR count). The van der Waals surface area contributed by atoms with Gasteiger partial charge in [-0.15, -0.1) is 0 Å². The number of carbonyl (C=O) groups excluding carboxylic acids is 3. The van der Waals surface area contributed by atoms with E-state index in [4.69, 9.17) is 81.9 Å². The predicted octanol–water partition coefficient (Wildman–Crippen LogP) is 14.7. The van der Waals surface area contributed by atoms with Crippen molar-refractivity contribution in [2.45, 2.75) is 113 Å². The van der Waals surface area contributed by atoms with Crippen LogP contribution in [0.15, 0.2) is 281 Å². The van der Waals surface area contributed by atoms with Gasteiger partial charge in [-0.2, -0.15) is 5.26 Å². The van der Waals surface area contributed by atoms with E-state index >= 15 is 0 Å². The van der Waals surface area contributed by atoms with Gasteiger partial charge in [-0.05, 0) is 192 Å². The van der Waals surface area contributed by atoms with E-state index in [9.17, 15) is 9.59 Å². The minimum atomic E-state index is -1.50. The number of fused-ring (bicyclic) bond motifs is 6. The molecule has 0 aromatic heterocycles. The molecule has 116 heavy (non-hydrogen) atoms. The Balaban J connectivity index is 0.000000167. The van der Waals surface area contributed by atoms with Crippen LogP contribution in [-0.2, 0) is 66.6 Å². The number of halogens is 3. The van der Waals surface area contributed by atoms with Crippen LogP contribution in [-0.4, -0.2) is 172 Å². The molecule has 6 aliphatic rings. The third-order valence-electron chi connectivity index (χ3n) is 23.4. The van der Waals surface area contributed by atoms with E-state index in [-0.39, 0.29) is 136 Å². The molecule has 2 atom stereocenters. The number of benzene rings is 10. The summed E-state index contributed by atoms with van der Waals surface area (Å²) in [6.07, 6.45) is 7.56. The first kappa shape index (κ1) is 92.9. The molecule has 10 aromatic carbocycles. The van der Waals surface area contributed by atoms with Gasteiger partial charge in [-0.25, -0.2) is 20.1 Å². The van der Waals surface area contributed by atoms with E-state index < -0.39 is 34.0 Å². The number of methoxy groups -OCH3 is 2. The van der Waals surface area contributed by atoms with Gasteiger partial charge in [-0.3, -0.25) is 19.4 Å². The Morgan fingerprint density at radius 1 is 0.543 bits per heavy atom. The summed E-state index contributed by atoms with van der Waals surface area (Å²) >= 11 is 3.49. The summed E-state index contributed by atoms with van der Waals surface area (Å²) < 4.78 is 12.3. The van der Waals surface area contributed by atoms with Gasteiger partial charge in [0.15, 0.2) is 28.7 Å². The van der Waals surface area contributed by atoms with Crippen LogP contribution in [0.2, 0.25) is 0 Å². The zero-order valence-electron chi connectivity index (χ0n) is 66.3. The van der Waals surface area contributed by atoms with Crippen molar-refractivity contribution in [2.75, 3.05) is 28.3 Å². The molecule has 2 aliphatic heterocycles. The smallest absolute Gasteiger partial charge is 0 e. The summed E-state index contributed by atoms with van der Waals surface area (Å²) in [5, 5.41) is 41.1. The number of amides is 2. The number of nitriles is 1. The summed E-state index contributed by atoms with van der Waals surface area (Å²) in [4.78, 5) is 55.5. The third-order valence-corrected chi connectivity index (χ3v) is 28.8. The van der Waals surface area contributed by atoms with Crippen LogP contribution in [0.25, 0.3) is 16.0 Å². The molecule has 597 valence electrons. The van der Waals surface area contributed by atoms with Gasteiger partial charge in [0.2, 0.25) is 0 Å². The second kappa shape index (κ2) is 42.3. The van der Waals surface area contributed by atoms with Gasteiger partial charge in [-0.1, -0.05) is 274 Å². The first-order valence-corrected chi connectivity index (χ1v) is 44.9. The standard InChI is InChI=1S/C27H30N4O2.C20H26BrN3O2.2C18H15P.C7H6BNO2.CHO3.2ClH.Cs.Pd/c1-25(2)21-10-9-18(17-7-6-8-19(15-17)29-3)16-22(21)27(23(32)31(4)24(28)30-27)26(25)13-11-20(33-5)12-14-26;1-18(2)14-6-5-12(21)11-15(14)20(16(25)24(3)17(22)23-20)19(18)9-7-13(26-4)8-10-19;2*1-4-10-16(11-5-1)19(17-12-6-2-7-13-17)18-14-8-3-9-15-18;9-5-6-2-1-3-7(4-6)8(10)11;2-1-4-3;;;;/h6-10,15-16,20H,11-14H2,1-2,4-5H3,(H2,28,30);5-6,11,13H,7-10H2,1-4H3,(H2,22,23);2*1-15H;1-4,10-11H;3H;2*1H;;/q;;;;;-1;;;;+2/p-2. The molecule has 7 N–H and O–H groups in total. The molecule has 4 aliphatic carbocycles. The predicted molar refractivity (Wildman–Crippen MR) is 472 cm³/mol. The van der Waals surface area contributed by atoms with Crippen LogP contribution in [0.3, 0.4) is 0 Å². The van der Waals surface area contributed by atoms with E-state index in [0.717, 1.165) is 90.1 Å². The SMILES string of the molecule is COC1CCC2(CC1)C(C)(C)c1ccc(Br)cc1C21N=C(N)N(C)C1=O.N#Cc1cccc(B(O)O)c1.O=[C-]OO.[C-]#[N+]c1cccc(-c2ccc3c(c2)C2(N=C(N)N(C)C2=O)C2(CCC(OC)CC2)C3(C)C)c1.[Cl][Pd][Cl].[Cs].c1ccc(P(c2ccccc2)c2ccccc2)cc1.c1ccc(P(c2ccccc2)c2ccccc2)cc1. The molecule has 4 spiro atoms. The van der Waals surface area contributed by atoms with Crippen molar-refractivity contribution in [3.05, 3.63) is 311 Å². The van der Waals surface area contributed by atoms with E-state index in [1.807, 2.05) is 24.3 Å². The largest absolute Gasteiger partial charge is 0.0622 e. The van der Waals surface area contributed by atoms with Crippen LogP contribution in [0.5, 0.6) is 0 Å². The molecule has 1 radical (unpaired) electrons. The number of rotatable bonds is 11. The number of carbonyl (C=O) groups is 2. The number of hydrogen-bond acceptors (Lipinski definition) is 14. The maximum Gasteiger partial charge on any atom is 0 e. The van der Waals surface area contributed by atoms with Crippen molar-refractivity contribution in [2.24, 2.45) is 32.3 Å². The monoisotopic (exact) mass is 1900 g/mol. The number of likely N-dealkylation sites (N-methyl/N-ethyl adjacent to an activating group) is 2. The Morgan fingerprint density at radius 3 is 1.19 bits per heavy atom. The maximum absolute atomic E-state index is 14.0. The van der Waals surface area contributed by atoms with Crippen molar-refractivity contribution < 1.29 is 60.0 Å². The van der Waals surface area contributed by atoms with Gasteiger partial charge < -0.3 is 40.7 Å².